The van der Waals surface area contributed by atoms with Crippen molar-refractivity contribution < 1.29 is 9.59 Å². The highest BCUT2D eigenvalue weighted by Gasteiger charge is 2.46. The fraction of sp³-hybridized carbons (Fsp3) is 0.467. The normalized spacial score (nSPS) is 20.5. The molecule has 3 heteroatoms. The average molecular weight is 243 g/mol. The molecule has 1 saturated carbocycles. The largest absolute Gasteiger partial charge is 0.271 e. The standard InChI is InChI=1S/C15H17NO2/c1-9(2)13(10-7-8-10)16-14(17)11-5-3-4-6-12(11)15(16)18/h3-6,9-10,13H,7-8H2,1-2H3/t13-/m1/s1. The lowest BCUT2D eigenvalue weighted by Crippen LogP contribution is -2.44. The SMILES string of the molecule is CC(C)[C@H](C1CC1)N1C(=O)c2ccccc2C1=O. The van der Waals surface area contributed by atoms with Gasteiger partial charge in [-0.2, -0.15) is 0 Å². The molecular formula is C15H17NO2. The van der Waals surface area contributed by atoms with Crippen LogP contribution >= 0.6 is 0 Å². The second-order valence-electron chi connectivity index (χ2n) is 5.60. The summed E-state index contributed by atoms with van der Waals surface area (Å²) in [6.45, 7) is 4.18. The molecular weight excluding hydrogens is 226 g/mol. The zero-order chi connectivity index (χ0) is 12.9. The number of carbonyl (C=O) groups is 2. The lowest BCUT2D eigenvalue weighted by molar-refractivity contribution is 0.0514. The lowest BCUT2D eigenvalue weighted by atomic mass is 9.98. The number of nitrogens with zero attached hydrogens (tertiary/aromatic N) is 1. The minimum absolute atomic E-state index is 0.0670. The van der Waals surface area contributed by atoms with Crippen LogP contribution in [0.25, 0.3) is 0 Å². The molecule has 0 radical (unpaired) electrons. The summed E-state index contributed by atoms with van der Waals surface area (Å²) in [5, 5.41) is 0. The van der Waals surface area contributed by atoms with Gasteiger partial charge in [0.25, 0.3) is 11.8 Å². The van der Waals surface area contributed by atoms with Crippen molar-refractivity contribution in [2.45, 2.75) is 32.7 Å². The van der Waals surface area contributed by atoms with E-state index < -0.39 is 0 Å². The number of benzene rings is 1. The molecule has 3 rings (SSSR count). The number of amides is 2. The van der Waals surface area contributed by atoms with Gasteiger partial charge in [-0.3, -0.25) is 14.5 Å². The maximum atomic E-state index is 12.4. The molecule has 1 aromatic carbocycles. The van der Waals surface area contributed by atoms with Crippen LogP contribution in [-0.2, 0) is 0 Å². The number of rotatable bonds is 3. The van der Waals surface area contributed by atoms with Crippen molar-refractivity contribution in [1.82, 2.24) is 4.90 Å². The maximum Gasteiger partial charge on any atom is 0.261 e. The van der Waals surface area contributed by atoms with Gasteiger partial charge in [0.1, 0.15) is 0 Å². The van der Waals surface area contributed by atoms with Crippen molar-refractivity contribution in [3.63, 3.8) is 0 Å². The van der Waals surface area contributed by atoms with Crippen molar-refractivity contribution in [2.75, 3.05) is 0 Å². The third-order valence-corrected chi connectivity index (χ3v) is 3.91. The van der Waals surface area contributed by atoms with E-state index in [0.717, 1.165) is 12.8 Å². The average Bonchev–Trinajstić information content (AvgIpc) is 3.14. The van der Waals surface area contributed by atoms with Gasteiger partial charge in [0.15, 0.2) is 0 Å². The number of imide groups is 1. The van der Waals surface area contributed by atoms with E-state index in [1.54, 1.807) is 12.1 Å². The Morgan fingerprint density at radius 3 is 1.94 bits per heavy atom. The van der Waals surface area contributed by atoms with Gasteiger partial charge in [0, 0.05) is 6.04 Å². The van der Waals surface area contributed by atoms with E-state index in [4.69, 9.17) is 0 Å². The Kier molecular flexibility index (Phi) is 2.51. The van der Waals surface area contributed by atoms with Crippen molar-refractivity contribution in [3.8, 4) is 0 Å². The maximum absolute atomic E-state index is 12.4. The number of carbonyl (C=O) groups excluding carboxylic acids is 2. The summed E-state index contributed by atoms with van der Waals surface area (Å²) in [7, 11) is 0. The minimum atomic E-state index is -0.110. The molecule has 2 aliphatic rings. The molecule has 18 heavy (non-hydrogen) atoms. The molecule has 1 aliphatic carbocycles. The molecule has 0 aromatic heterocycles. The quantitative estimate of drug-likeness (QED) is 0.765. The highest BCUT2D eigenvalue weighted by molar-refractivity contribution is 6.21. The summed E-state index contributed by atoms with van der Waals surface area (Å²) in [5.74, 6) is 0.606. The van der Waals surface area contributed by atoms with E-state index in [9.17, 15) is 9.59 Å². The molecule has 1 aromatic rings. The second-order valence-corrected chi connectivity index (χ2v) is 5.60. The monoisotopic (exact) mass is 243 g/mol. The molecule has 1 fully saturated rings. The molecule has 1 aliphatic heterocycles. The first-order valence-electron chi connectivity index (χ1n) is 6.58. The second kappa shape index (κ2) is 3.94. The van der Waals surface area contributed by atoms with Gasteiger partial charge in [-0.1, -0.05) is 26.0 Å². The van der Waals surface area contributed by atoms with Crippen LogP contribution in [0.2, 0.25) is 0 Å². The van der Waals surface area contributed by atoms with E-state index in [0.29, 0.717) is 23.0 Å². The van der Waals surface area contributed by atoms with E-state index in [1.807, 2.05) is 12.1 Å². The van der Waals surface area contributed by atoms with Crippen LogP contribution in [0.3, 0.4) is 0 Å². The first-order chi connectivity index (χ1) is 8.61. The Morgan fingerprint density at radius 2 is 1.56 bits per heavy atom. The van der Waals surface area contributed by atoms with Crippen LogP contribution in [-0.4, -0.2) is 22.8 Å². The Hall–Kier alpha value is -1.64. The third kappa shape index (κ3) is 1.57. The van der Waals surface area contributed by atoms with Gasteiger partial charge in [0.2, 0.25) is 0 Å². The first kappa shape index (κ1) is 11.5. The summed E-state index contributed by atoms with van der Waals surface area (Å²) in [6.07, 6.45) is 2.27. The molecule has 0 saturated heterocycles. The molecule has 94 valence electrons. The van der Waals surface area contributed by atoms with Crippen LogP contribution in [0.1, 0.15) is 47.4 Å². The van der Waals surface area contributed by atoms with Gasteiger partial charge < -0.3 is 0 Å². The Labute approximate surface area is 107 Å². The highest BCUT2D eigenvalue weighted by Crippen LogP contribution is 2.41. The Balaban J connectivity index is 2.00. The summed E-state index contributed by atoms with van der Waals surface area (Å²) >= 11 is 0. The van der Waals surface area contributed by atoms with Crippen LogP contribution in [0.4, 0.5) is 0 Å². The summed E-state index contributed by atoms with van der Waals surface area (Å²) < 4.78 is 0. The molecule has 0 N–H and O–H groups in total. The van der Waals surface area contributed by atoms with Gasteiger partial charge in [0.05, 0.1) is 11.1 Å². The molecule has 1 atom stereocenters. The van der Waals surface area contributed by atoms with Gasteiger partial charge in [-0.15, -0.1) is 0 Å². The number of fused-ring (bicyclic) bond motifs is 1. The Bertz CT molecular complexity index is 480. The van der Waals surface area contributed by atoms with E-state index in [1.165, 1.54) is 4.90 Å². The lowest BCUT2D eigenvalue weighted by Gasteiger charge is -2.29. The molecule has 2 amide bonds. The van der Waals surface area contributed by atoms with E-state index in [2.05, 4.69) is 13.8 Å². The summed E-state index contributed by atoms with van der Waals surface area (Å²) in [5.41, 5.74) is 1.13. The fourth-order valence-electron chi connectivity index (χ4n) is 2.97. The Morgan fingerprint density at radius 1 is 1.06 bits per heavy atom. The topological polar surface area (TPSA) is 37.4 Å². The number of hydrogen-bond donors (Lipinski definition) is 0. The molecule has 0 spiro atoms. The first-order valence-corrected chi connectivity index (χ1v) is 6.58. The smallest absolute Gasteiger partial charge is 0.261 e. The predicted octanol–water partition coefficient (Wildman–Crippen LogP) is 2.72. The summed E-state index contributed by atoms with van der Waals surface area (Å²) in [4.78, 5) is 26.3. The van der Waals surface area contributed by atoms with Gasteiger partial charge >= 0.3 is 0 Å². The molecule has 3 nitrogen and oxygen atoms in total. The van der Waals surface area contributed by atoms with Gasteiger partial charge in [-0.05, 0) is 36.8 Å². The van der Waals surface area contributed by atoms with Gasteiger partial charge in [-0.25, -0.2) is 0 Å². The van der Waals surface area contributed by atoms with Crippen molar-refractivity contribution in [1.29, 1.82) is 0 Å². The summed E-state index contributed by atoms with van der Waals surface area (Å²) in [6, 6.07) is 7.20. The molecule has 1 heterocycles. The zero-order valence-corrected chi connectivity index (χ0v) is 10.7. The van der Waals surface area contributed by atoms with E-state index >= 15 is 0 Å². The van der Waals surface area contributed by atoms with Crippen LogP contribution in [0, 0.1) is 11.8 Å². The van der Waals surface area contributed by atoms with Crippen molar-refractivity contribution in [2.24, 2.45) is 11.8 Å². The molecule has 0 bridgehead atoms. The highest BCUT2D eigenvalue weighted by atomic mass is 16.2. The minimum Gasteiger partial charge on any atom is -0.271 e. The molecule has 0 unspecified atom stereocenters. The van der Waals surface area contributed by atoms with Crippen LogP contribution in [0.15, 0.2) is 24.3 Å². The van der Waals surface area contributed by atoms with Crippen LogP contribution in [0.5, 0.6) is 0 Å². The fourth-order valence-corrected chi connectivity index (χ4v) is 2.97. The third-order valence-electron chi connectivity index (χ3n) is 3.91. The van der Waals surface area contributed by atoms with E-state index in [-0.39, 0.29) is 17.9 Å². The van der Waals surface area contributed by atoms with Crippen LogP contribution < -0.4 is 0 Å². The number of hydrogen-bond acceptors (Lipinski definition) is 2. The predicted molar refractivity (Wildman–Crippen MR) is 68.3 cm³/mol. The zero-order valence-electron chi connectivity index (χ0n) is 10.7. The van der Waals surface area contributed by atoms with Crippen molar-refractivity contribution >= 4 is 11.8 Å². The van der Waals surface area contributed by atoms with Crippen molar-refractivity contribution in [3.05, 3.63) is 35.4 Å².